The summed E-state index contributed by atoms with van der Waals surface area (Å²) in [6, 6.07) is 3.53. The third kappa shape index (κ3) is 1.25. The van der Waals surface area contributed by atoms with Crippen LogP contribution in [0.4, 0.5) is 0 Å². The van der Waals surface area contributed by atoms with Gasteiger partial charge in [-0.25, -0.2) is 0 Å². The average Bonchev–Trinajstić information content (AvgIpc) is 2.64. The van der Waals surface area contributed by atoms with Crippen molar-refractivity contribution in [2.75, 3.05) is 0 Å². The van der Waals surface area contributed by atoms with Gasteiger partial charge in [0.25, 0.3) is 0 Å². The van der Waals surface area contributed by atoms with Gasteiger partial charge >= 0.3 is 0 Å². The molecule has 0 radical (unpaired) electrons. The summed E-state index contributed by atoms with van der Waals surface area (Å²) >= 11 is 1.63. The molecule has 3 nitrogen and oxygen atoms in total. The highest BCUT2D eigenvalue weighted by atomic mass is 32.1. The Kier molecular flexibility index (Phi) is 2.38. The summed E-state index contributed by atoms with van der Waals surface area (Å²) in [6.45, 7) is 8.28. The van der Waals surface area contributed by atoms with E-state index < -0.39 is 6.04 Å². The molecule has 2 atom stereocenters. The number of nitrogens with zero attached hydrogens (tertiary/aromatic N) is 1. The fourth-order valence-electron chi connectivity index (χ4n) is 2.86. The van der Waals surface area contributed by atoms with Crippen molar-refractivity contribution in [2.45, 2.75) is 39.7 Å². The van der Waals surface area contributed by atoms with E-state index >= 15 is 0 Å². The Hall–Kier alpha value is -0.900. The van der Waals surface area contributed by atoms with Crippen molar-refractivity contribution in [3.05, 3.63) is 32.5 Å². The molecule has 1 fully saturated rings. The van der Waals surface area contributed by atoms with E-state index in [4.69, 9.17) is 0 Å². The Morgan fingerprint density at radius 1 is 1.31 bits per heavy atom. The van der Waals surface area contributed by atoms with E-state index in [1.807, 2.05) is 31.4 Å². The summed E-state index contributed by atoms with van der Waals surface area (Å²) in [5.41, 5.74) is -0.263. The van der Waals surface area contributed by atoms with Crippen molar-refractivity contribution in [2.24, 2.45) is 10.8 Å². The highest BCUT2D eigenvalue weighted by Gasteiger charge is 2.69. The molecule has 88 valence electrons. The maximum Gasteiger partial charge on any atom is 0.226 e. The largest absolute Gasteiger partial charge is 0.264 e. The fourth-order valence-corrected chi connectivity index (χ4v) is 3.90. The van der Waals surface area contributed by atoms with Crippen LogP contribution in [0, 0.1) is 20.9 Å². The van der Waals surface area contributed by atoms with Crippen LogP contribution in [0.15, 0.2) is 17.5 Å². The van der Waals surface area contributed by atoms with Crippen LogP contribution in [-0.4, -0.2) is 11.0 Å². The van der Waals surface area contributed by atoms with Crippen LogP contribution in [0.3, 0.4) is 0 Å². The van der Waals surface area contributed by atoms with Crippen molar-refractivity contribution < 1.29 is 4.92 Å². The predicted molar refractivity (Wildman–Crippen MR) is 65.4 cm³/mol. The number of hydrogen-bond acceptors (Lipinski definition) is 3. The second-order valence-corrected chi connectivity index (χ2v) is 6.65. The highest BCUT2D eigenvalue weighted by molar-refractivity contribution is 7.10. The molecular weight excluding hydrogens is 222 g/mol. The van der Waals surface area contributed by atoms with Crippen LogP contribution in [0.25, 0.3) is 0 Å². The molecule has 0 spiro atoms. The van der Waals surface area contributed by atoms with Crippen LogP contribution in [-0.2, 0) is 0 Å². The SMILES string of the molecule is CC1(C)[C@@H]([N+](=O)[O-])[C@H](c2cccs2)C1(C)C. The van der Waals surface area contributed by atoms with E-state index in [0.29, 0.717) is 0 Å². The van der Waals surface area contributed by atoms with Crippen LogP contribution < -0.4 is 0 Å². The summed E-state index contributed by atoms with van der Waals surface area (Å²) in [6.07, 6.45) is 0. The minimum Gasteiger partial charge on any atom is -0.264 e. The molecule has 0 amide bonds. The maximum atomic E-state index is 11.2. The summed E-state index contributed by atoms with van der Waals surface area (Å²) in [7, 11) is 0. The van der Waals surface area contributed by atoms with E-state index in [2.05, 4.69) is 13.8 Å². The van der Waals surface area contributed by atoms with Gasteiger partial charge in [-0.1, -0.05) is 33.8 Å². The quantitative estimate of drug-likeness (QED) is 0.585. The van der Waals surface area contributed by atoms with E-state index in [9.17, 15) is 10.1 Å². The second-order valence-electron chi connectivity index (χ2n) is 5.67. The van der Waals surface area contributed by atoms with Crippen molar-refractivity contribution >= 4 is 11.3 Å². The maximum absolute atomic E-state index is 11.2. The molecule has 1 aromatic rings. The first kappa shape index (κ1) is 11.6. The fraction of sp³-hybridized carbons (Fsp3) is 0.667. The lowest BCUT2D eigenvalue weighted by Gasteiger charge is -2.59. The zero-order valence-corrected chi connectivity index (χ0v) is 10.9. The summed E-state index contributed by atoms with van der Waals surface area (Å²) in [4.78, 5) is 12.2. The number of rotatable bonds is 2. The van der Waals surface area contributed by atoms with Gasteiger partial charge in [-0.2, -0.15) is 0 Å². The highest BCUT2D eigenvalue weighted by Crippen LogP contribution is 2.65. The smallest absolute Gasteiger partial charge is 0.226 e. The molecule has 1 heterocycles. The van der Waals surface area contributed by atoms with Gasteiger partial charge in [0, 0.05) is 15.2 Å². The third-order valence-corrected chi connectivity index (χ3v) is 5.53. The van der Waals surface area contributed by atoms with Gasteiger partial charge in [0.15, 0.2) is 0 Å². The molecular formula is C12H17NO2S. The Balaban J connectivity index is 2.41. The summed E-state index contributed by atoms with van der Waals surface area (Å²) in [5.74, 6) is 0.0532. The second kappa shape index (κ2) is 3.29. The Labute approximate surface area is 99.6 Å². The molecule has 1 saturated carbocycles. The number of hydrogen-bond donors (Lipinski definition) is 0. The summed E-state index contributed by atoms with van der Waals surface area (Å²) < 4.78 is 0. The lowest BCUT2D eigenvalue weighted by Crippen LogP contribution is -2.64. The molecule has 16 heavy (non-hydrogen) atoms. The van der Waals surface area contributed by atoms with Gasteiger partial charge in [-0.3, -0.25) is 10.1 Å². The first-order chi connectivity index (χ1) is 7.30. The molecule has 0 aliphatic heterocycles. The Morgan fingerprint density at radius 2 is 1.94 bits per heavy atom. The van der Waals surface area contributed by atoms with Crippen LogP contribution in [0.5, 0.6) is 0 Å². The van der Waals surface area contributed by atoms with Crippen LogP contribution in [0.1, 0.15) is 38.5 Å². The monoisotopic (exact) mass is 239 g/mol. The first-order valence-corrected chi connectivity index (χ1v) is 6.35. The van der Waals surface area contributed by atoms with Gasteiger partial charge in [0.2, 0.25) is 6.04 Å². The van der Waals surface area contributed by atoms with E-state index in [1.54, 1.807) is 11.3 Å². The third-order valence-electron chi connectivity index (χ3n) is 4.57. The Bertz CT molecular complexity index is 409. The minimum atomic E-state index is -0.457. The van der Waals surface area contributed by atoms with Crippen LogP contribution >= 0.6 is 11.3 Å². The zero-order valence-electron chi connectivity index (χ0n) is 10.1. The van der Waals surface area contributed by atoms with E-state index in [-0.39, 0.29) is 21.7 Å². The summed E-state index contributed by atoms with van der Waals surface area (Å²) in [5, 5.41) is 13.2. The van der Waals surface area contributed by atoms with E-state index in [0.717, 1.165) is 4.88 Å². The van der Waals surface area contributed by atoms with Crippen LogP contribution in [0.2, 0.25) is 0 Å². The molecule has 0 bridgehead atoms. The molecule has 4 heteroatoms. The molecule has 1 aromatic heterocycles. The molecule has 0 unspecified atom stereocenters. The van der Waals surface area contributed by atoms with Gasteiger partial charge in [0.05, 0.1) is 5.92 Å². The van der Waals surface area contributed by atoms with Gasteiger partial charge < -0.3 is 0 Å². The molecule has 0 saturated heterocycles. The minimum absolute atomic E-state index is 0.0183. The number of thiophene rings is 1. The van der Waals surface area contributed by atoms with Gasteiger partial charge in [-0.15, -0.1) is 11.3 Å². The van der Waals surface area contributed by atoms with Crippen molar-refractivity contribution in [1.82, 2.24) is 0 Å². The molecule has 0 aromatic carbocycles. The molecule has 1 aliphatic rings. The predicted octanol–water partition coefficient (Wildman–Crippen LogP) is 3.54. The van der Waals surface area contributed by atoms with Crippen molar-refractivity contribution in [3.8, 4) is 0 Å². The average molecular weight is 239 g/mol. The normalized spacial score (nSPS) is 30.8. The van der Waals surface area contributed by atoms with Gasteiger partial charge in [0.1, 0.15) is 0 Å². The molecule has 1 aliphatic carbocycles. The van der Waals surface area contributed by atoms with E-state index in [1.165, 1.54) is 0 Å². The standard InChI is InChI=1S/C12H17NO2S/c1-11(2)9(8-6-5-7-16-8)10(13(14)15)12(11,3)4/h5-7,9-10H,1-4H3/t9-,10-/m0/s1. The van der Waals surface area contributed by atoms with Gasteiger partial charge in [-0.05, 0) is 16.9 Å². The van der Waals surface area contributed by atoms with Crippen molar-refractivity contribution in [1.29, 1.82) is 0 Å². The van der Waals surface area contributed by atoms with Crippen molar-refractivity contribution in [3.63, 3.8) is 0 Å². The lowest BCUT2D eigenvalue weighted by molar-refractivity contribution is -0.579. The first-order valence-electron chi connectivity index (χ1n) is 5.47. The number of nitro groups is 1. The molecule has 2 rings (SSSR count). The Morgan fingerprint density at radius 3 is 2.38 bits per heavy atom. The zero-order chi connectivity index (χ0) is 12.1. The molecule has 0 N–H and O–H groups in total. The lowest BCUT2D eigenvalue weighted by atomic mass is 9.43. The topological polar surface area (TPSA) is 43.1 Å².